The molecule has 3 aliphatic heterocycles. The van der Waals surface area contributed by atoms with Crippen molar-refractivity contribution >= 4 is 41.0 Å². The highest BCUT2D eigenvalue weighted by molar-refractivity contribution is 6.35. The molecule has 4 heterocycles. The number of phenolic OH excluding ortho intramolecular Hbond substituents is 1. The van der Waals surface area contributed by atoms with Gasteiger partial charge in [0.1, 0.15) is 23.6 Å². The van der Waals surface area contributed by atoms with E-state index in [2.05, 4.69) is 9.88 Å². The molecule has 4 aromatic rings. The van der Waals surface area contributed by atoms with E-state index in [0.717, 1.165) is 30.8 Å². The summed E-state index contributed by atoms with van der Waals surface area (Å²) in [5.74, 6) is -0.623. The highest BCUT2D eigenvalue weighted by atomic mass is 35.5. The van der Waals surface area contributed by atoms with Crippen molar-refractivity contribution in [1.29, 1.82) is 0 Å². The first kappa shape index (κ1) is 35.3. The number of para-hydroxylation sites is 1. The van der Waals surface area contributed by atoms with Crippen LogP contribution in [0.1, 0.15) is 46.0 Å². The van der Waals surface area contributed by atoms with Crippen LogP contribution < -0.4 is 14.4 Å². The number of aromatic hydroxyl groups is 1. The zero-order chi connectivity index (χ0) is 35.4. The van der Waals surface area contributed by atoms with E-state index in [9.17, 15) is 14.7 Å². The number of halogens is 3. The number of carbonyl (C=O) groups is 2. The van der Waals surface area contributed by atoms with Crippen molar-refractivity contribution in [2.45, 2.75) is 38.0 Å². The summed E-state index contributed by atoms with van der Waals surface area (Å²) < 4.78 is 37.9. The highest BCUT2D eigenvalue weighted by Crippen LogP contribution is 2.37. The van der Waals surface area contributed by atoms with E-state index in [-0.39, 0.29) is 36.2 Å². The van der Waals surface area contributed by atoms with Gasteiger partial charge in [0.25, 0.3) is 0 Å². The van der Waals surface area contributed by atoms with Crippen molar-refractivity contribution in [2.75, 3.05) is 38.8 Å². The molecule has 1 aromatic heterocycles. The van der Waals surface area contributed by atoms with Crippen molar-refractivity contribution in [3.8, 4) is 17.2 Å². The Labute approximate surface area is 299 Å². The van der Waals surface area contributed by atoms with Crippen molar-refractivity contribution < 1.29 is 38.0 Å². The second-order valence-electron chi connectivity index (χ2n) is 12.2. The van der Waals surface area contributed by atoms with E-state index >= 15 is 4.39 Å². The predicted octanol–water partition coefficient (Wildman–Crippen LogP) is 7.63. The molecule has 2 bridgehead atoms. The number of hydrogen-bond donors (Lipinski definition) is 1. The van der Waals surface area contributed by atoms with E-state index in [0.29, 0.717) is 44.8 Å². The van der Waals surface area contributed by atoms with Crippen molar-refractivity contribution in [1.82, 2.24) is 9.88 Å². The number of pyridine rings is 1. The third-order valence-corrected chi connectivity index (χ3v) is 9.86. The van der Waals surface area contributed by atoms with Gasteiger partial charge in [0, 0.05) is 25.4 Å². The molecular formula is C37H36Cl2FN3O7. The summed E-state index contributed by atoms with van der Waals surface area (Å²) in [4.78, 5) is 34.5. The number of piperidine rings is 3. The number of carbonyl (C=O) groups excluding carboxylic acids is 2. The van der Waals surface area contributed by atoms with Gasteiger partial charge >= 0.3 is 12.1 Å². The van der Waals surface area contributed by atoms with Gasteiger partial charge in [-0.15, -0.1) is 0 Å². The molecular weight excluding hydrogens is 688 g/mol. The molecule has 7 rings (SSSR count). The van der Waals surface area contributed by atoms with E-state index < -0.39 is 29.7 Å². The molecule has 50 heavy (non-hydrogen) atoms. The molecule has 3 fully saturated rings. The maximum atomic E-state index is 15.1. The number of methoxy groups -OCH3 is 2. The van der Waals surface area contributed by atoms with Gasteiger partial charge in [-0.1, -0.05) is 47.5 Å². The Morgan fingerprint density at radius 1 is 1.00 bits per heavy atom. The Kier molecular flexibility index (Phi) is 11.0. The number of nitrogens with zero attached hydrogens (tertiary/aromatic N) is 3. The van der Waals surface area contributed by atoms with Crippen LogP contribution in [0, 0.1) is 11.7 Å². The number of fused-ring (bicyclic) bond motifs is 3. The molecule has 0 radical (unpaired) electrons. The molecule has 0 aliphatic carbocycles. The number of hydrogen-bond acceptors (Lipinski definition) is 9. The predicted molar refractivity (Wildman–Crippen MR) is 186 cm³/mol. The van der Waals surface area contributed by atoms with Crippen LogP contribution in [0.2, 0.25) is 10.0 Å². The second-order valence-corrected chi connectivity index (χ2v) is 13.1. The van der Waals surface area contributed by atoms with Gasteiger partial charge < -0.3 is 24.1 Å². The van der Waals surface area contributed by atoms with Crippen molar-refractivity contribution in [2.24, 2.45) is 5.92 Å². The zero-order valence-corrected chi connectivity index (χ0v) is 29.0. The first-order valence-electron chi connectivity index (χ1n) is 16.1. The largest absolute Gasteiger partial charge is 0.506 e. The van der Waals surface area contributed by atoms with E-state index in [1.54, 1.807) is 42.5 Å². The first-order valence-corrected chi connectivity index (χ1v) is 16.9. The maximum absolute atomic E-state index is 15.1. The minimum atomic E-state index is -0.833. The number of aromatic nitrogens is 1. The lowest BCUT2D eigenvalue weighted by Gasteiger charge is -2.44. The monoisotopic (exact) mass is 723 g/mol. The minimum Gasteiger partial charge on any atom is -0.506 e. The van der Waals surface area contributed by atoms with E-state index in [1.165, 1.54) is 44.8 Å². The van der Waals surface area contributed by atoms with Crippen molar-refractivity contribution in [3.05, 3.63) is 111 Å². The Hall–Kier alpha value is -4.58. The van der Waals surface area contributed by atoms with Gasteiger partial charge in [-0.25, -0.2) is 14.0 Å². The topological polar surface area (TPSA) is 111 Å². The lowest BCUT2D eigenvalue weighted by atomic mass is 9.86. The molecule has 2 atom stereocenters. The molecule has 0 unspecified atom stereocenters. The zero-order valence-electron chi connectivity index (χ0n) is 27.5. The summed E-state index contributed by atoms with van der Waals surface area (Å²) in [6.07, 6.45) is 3.00. The molecule has 3 aliphatic rings. The Morgan fingerprint density at radius 3 is 2.32 bits per heavy atom. The summed E-state index contributed by atoms with van der Waals surface area (Å²) >= 11 is 12.9. The maximum Gasteiger partial charge on any atom is 0.415 e. The van der Waals surface area contributed by atoms with Crippen LogP contribution in [0.4, 0.5) is 14.9 Å². The molecule has 262 valence electrons. The number of benzene rings is 3. The van der Waals surface area contributed by atoms with Crippen LogP contribution in [0.15, 0.2) is 73.1 Å². The van der Waals surface area contributed by atoms with Crippen LogP contribution >= 0.6 is 23.2 Å². The van der Waals surface area contributed by atoms with Crippen LogP contribution in [-0.4, -0.2) is 67.0 Å². The fourth-order valence-electron chi connectivity index (χ4n) is 6.47. The van der Waals surface area contributed by atoms with Crippen molar-refractivity contribution in [3.63, 3.8) is 0 Å². The smallest absolute Gasteiger partial charge is 0.415 e. The number of amides is 1. The number of anilines is 1. The molecule has 1 amide bonds. The summed E-state index contributed by atoms with van der Waals surface area (Å²) in [5, 5.41) is 11.2. The average Bonchev–Trinajstić information content (AvgIpc) is 3.12. The molecule has 0 spiro atoms. The van der Waals surface area contributed by atoms with Gasteiger partial charge in [0.05, 0.1) is 36.4 Å². The normalized spacial score (nSPS) is 18.6. The molecule has 10 nitrogen and oxygen atoms in total. The third kappa shape index (κ3) is 7.75. The van der Waals surface area contributed by atoms with Crippen LogP contribution in [0.25, 0.3) is 0 Å². The van der Waals surface area contributed by atoms with Gasteiger partial charge in [-0.05, 0) is 84.9 Å². The fraction of sp³-hybridized carbons (Fsp3) is 0.324. The van der Waals surface area contributed by atoms with Gasteiger partial charge in [-0.2, -0.15) is 0 Å². The second kappa shape index (κ2) is 15.5. The Bertz CT molecular complexity index is 1810. The third-order valence-electron chi connectivity index (χ3n) is 9.21. The van der Waals surface area contributed by atoms with Crippen LogP contribution in [-0.2, 0) is 22.4 Å². The number of ether oxygens (including phenoxy) is 4. The molecule has 13 heteroatoms. The van der Waals surface area contributed by atoms with E-state index in [4.69, 9.17) is 42.1 Å². The fourth-order valence-corrected chi connectivity index (χ4v) is 6.99. The number of rotatable bonds is 11. The standard InChI is InChI=1S/C37H36Cl2FN3O7/c1-47-31-11-10-25(16-33(31)48-2)32(17-26-27(38)18-41-19-28(26)39)49-36(45)24-8-6-22(7-9-24)20-43(35-29(40)4-3-5-30(35)44)37(46)50-34-21-42-14-12-23(34)13-15-42/h3-11,16,18-19,23,32,34,44H,12-15,17,20-21H2,1-2H3/t32-,34-/m0/s1. The SMILES string of the molecule is COc1ccc([C@H](Cc2c(Cl)cncc2Cl)OC(=O)c2ccc(CN(C(=O)O[C@H]3CN4CCC3CC4)c3c(O)cccc3F)cc2)cc1OC. The highest BCUT2D eigenvalue weighted by Gasteiger charge is 2.38. The lowest BCUT2D eigenvalue weighted by Crippen LogP contribution is -2.53. The number of phenols is 1. The van der Waals surface area contributed by atoms with E-state index in [1.807, 2.05) is 0 Å². The van der Waals surface area contributed by atoms with Crippen LogP contribution in [0.5, 0.6) is 17.2 Å². The molecule has 0 saturated carbocycles. The lowest BCUT2D eigenvalue weighted by molar-refractivity contribution is -0.0312. The summed E-state index contributed by atoms with van der Waals surface area (Å²) in [7, 11) is 3.03. The Morgan fingerprint density at radius 2 is 1.70 bits per heavy atom. The van der Waals surface area contributed by atoms with Gasteiger partial charge in [-0.3, -0.25) is 14.8 Å². The van der Waals surface area contributed by atoms with Gasteiger partial charge in [0.2, 0.25) is 0 Å². The number of esters is 1. The first-order chi connectivity index (χ1) is 24.1. The molecule has 1 N–H and O–H groups in total. The quantitative estimate of drug-likeness (QED) is 0.156. The summed E-state index contributed by atoms with van der Waals surface area (Å²) in [5.41, 5.74) is 1.66. The van der Waals surface area contributed by atoms with Crippen LogP contribution in [0.3, 0.4) is 0 Å². The summed E-state index contributed by atoms with van der Waals surface area (Å²) in [6.45, 7) is 2.42. The Balaban J connectivity index is 1.23. The summed E-state index contributed by atoms with van der Waals surface area (Å²) in [6, 6.07) is 15.4. The van der Waals surface area contributed by atoms with Gasteiger partial charge in [0.15, 0.2) is 17.3 Å². The molecule has 3 aromatic carbocycles. The molecule has 3 saturated heterocycles. The minimum absolute atomic E-state index is 0.128. The average molecular weight is 725 g/mol.